The highest BCUT2D eigenvalue weighted by molar-refractivity contribution is 5.10. The van der Waals surface area contributed by atoms with Gasteiger partial charge in [0.2, 0.25) is 0 Å². The van der Waals surface area contributed by atoms with Crippen molar-refractivity contribution >= 4 is 0 Å². The van der Waals surface area contributed by atoms with E-state index in [2.05, 4.69) is 6.92 Å². The minimum atomic E-state index is -0.483. The lowest BCUT2D eigenvalue weighted by Crippen LogP contribution is -2.37. The molecule has 0 bridgehead atoms. The standard InChI is InChI=1S/C13H20O2/c1-2-11-4-3-6-13(14,8-11)9-12-5-7-15-10-12/h5,7,10-11,14H,2-4,6,8-9H2,1H3. The van der Waals surface area contributed by atoms with Crippen molar-refractivity contribution in [1.82, 2.24) is 0 Å². The highest BCUT2D eigenvalue weighted by Gasteiger charge is 2.33. The van der Waals surface area contributed by atoms with Gasteiger partial charge in [-0.25, -0.2) is 0 Å². The Labute approximate surface area is 91.3 Å². The van der Waals surface area contributed by atoms with Gasteiger partial charge in [0.25, 0.3) is 0 Å². The fourth-order valence-corrected chi connectivity index (χ4v) is 2.74. The molecule has 0 amide bonds. The van der Waals surface area contributed by atoms with E-state index in [-0.39, 0.29) is 0 Å². The predicted octanol–water partition coefficient (Wildman–Crippen LogP) is 3.15. The van der Waals surface area contributed by atoms with Gasteiger partial charge in [0, 0.05) is 6.42 Å². The monoisotopic (exact) mass is 208 g/mol. The van der Waals surface area contributed by atoms with Gasteiger partial charge in [0.05, 0.1) is 18.1 Å². The van der Waals surface area contributed by atoms with Crippen LogP contribution in [0.4, 0.5) is 0 Å². The minimum absolute atomic E-state index is 0.483. The molecule has 1 aromatic heterocycles. The fourth-order valence-electron chi connectivity index (χ4n) is 2.74. The Morgan fingerprint density at radius 3 is 3.13 bits per heavy atom. The number of hydrogen-bond acceptors (Lipinski definition) is 2. The van der Waals surface area contributed by atoms with Gasteiger partial charge in [-0.1, -0.05) is 26.2 Å². The van der Waals surface area contributed by atoms with Crippen molar-refractivity contribution in [3.8, 4) is 0 Å². The average molecular weight is 208 g/mol. The van der Waals surface area contributed by atoms with Crippen LogP contribution in [0, 0.1) is 5.92 Å². The highest BCUT2D eigenvalue weighted by atomic mass is 16.3. The summed E-state index contributed by atoms with van der Waals surface area (Å²) in [6.07, 6.45) is 9.69. The first-order valence-electron chi connectivity index (χ1n) is 5.95. The smallest absolute Gasteiger partial charge is 0.0935 e. The van der Waals surface area contributed by atoms with Gasteiger partial charge in [0.1, 0.15) is 0 Å². The quantitative estimate of drug-likeness (QED) is 0.827. The molecule has 2 rings (SSSR count). The molecule has 15 heavy (non-hydrogen) atoms. The van der Waals surface area contributed by atoms with Crippen LogP contribution in [-0.4, -0.2) is 10.7 Å². The van der Waals surface area contributed by atoms with Crippen LogP contribution >= 0.6 is 0 Å². The second-order valence-electron chi connectivity index (χ2n) is 4.90. The summed E-state index contributed by atoms with van der Waals surface area (Å²) in [6.45, 7) is 2.22. The maximum Gasteiger partial charge on any atom is 0.0935 e. The Balaban J connectivity index is 1.99. The van der Waals surface area contributed by atoms with Crippen LogP contribution in [-0.2, 0) is 6.42 Å². The summed E-state index contributed by atoms with van der Waals surface area (Å²) < 4.78 is 5.04. The van der Waals surface area contributed by atoms with E-state index in [9.17, 15) is 5.11 Å². The molecular formula is C13H20O2. The summed E-state index contributed by atoms with van der Waals surface area (Å²) in [5.41, 5.74) is 0.636. The SMILES string of the molecule is CCC1CCCC(O)(Cc2ccoc2)C1. The van der Waals surface area contributed by atoms with E-state index in [0.29, 0.717) is 5.92 Å². The molecule has 1 saturated carbocycles. The zero-order valence-corrected chi connectivity index (χ0v) is 9.41. The summed E-state index contributed by atoms with van der Waals surface area (Å²) in [7, 11) is 0. The first-order valence-corrected chi connectivity index (χ1v) is 5.95. The van der Waals surface area contributed by atoms with Crippen molar-refractivity contribution < 1.29 is 9.52 Å². The van der Waals surface area contributed by atoms with E-state index in [1.807, 2.05) is 6.07 Å². The van der Waals surface area contributed by atoms with Gasteiger partial charge >= 0.3 is 0 Å². The van der Waals surface area contributed by atoms with E-state index >= 15 is 0 Å². The molecule has 2 nitrogen and oxygen atoms in total. The molecule has 1 aliphatic rings. The molecule has 2 atom stereocenters. The summed E-state index contributed by atoms with van der Waals surface area (Å²) in [4.78, 5) is 0. The van der Waals surface area contributed by atoms with E-state index in [1.165, 1.54) is 12.8 Å². The molecule has 1 N–H and O–H groups in total. The van der Waals surface area contributed by atoms with Gasteiger partial charge in [0.15, 0.2) is 0 Å². The Morgan fingerprint density at radius 2 is 2.47 bits per heavy atom. The third kappa shape index (κ3) is 2.63. The number of aliphatic hydroxyl groups is 1. The van der Waals surface area contributed by atoms with Gasteiger partial charge in [-0.05, 0) is 30.4 Å². The molecule has 0 aromatic carbocycles. The third-order valence-corrected chi connectivity index (χ3v) is 3.61. The average Bonchev–Trinajstić information content (AvgIpc) is 2.69. The molecule has 0 saturated heterocycles. The van der Waals surface area contributed by atoms with E-state index in [4.69, 9.17) is 4.42 Å². The molecule has 0 radical (unpaired) electrons. The molecule has 1 fully saturated rings. The minimum Gasteiger partial charge on any atom is -0.472 e. The normalized spacial score (nSPS) is 31.7. The second-order valence-corrected chi connectivity index (χ2v) is 4.90. The van der Waals surface area contributed by atoms with Crippen molar-refractivity contribution in [3.05, 3.63) is 24.2 Å². The van der Waals surface area contributed by atoms with Crippen LogP contribution in [0.3, 0.4) is 0 Å². The summed E-state index contributed by atoms with van der Waals surface area (Å²) in [5, 5.41) is 10.5. The van der Waals surface area contributed by atoms with E-state index < -0.39 is 5.60 Å². The van der Waals surface area contributed by atoms with Gasteiger partial charge in [-0.15, -0.1) is 0 Å². The van der Waals surface area contributed by atoms with Crippen molar-refractivity contribution in [3.63, 3.8) is 0 Å². The Kier molecular flexibility index (Phi) is 3.15. The van der Waals surface area contributed by atoms with Crippen LogP contribution in [0.2, 0.25) is 0 Å². The molecule has 2 unspecified atom stereocenters. The van der Waals surface area contributed by atoms with E-state index in [0.717, 1.165) is 31.2 Å². The van der Waals surface area contributed by atoms with Crippen LogP contribution < -0.4 is 0 Å². The van der Waals surface area contributed by atoms with Crippen molar-refractivity contribution in [2.75, 3.05) is 0 Å². The van der Waals surface area contributed by atoms with Crippen LogP contribution in [0.1, 0.15) is 44.6 Å². The molecule has 0 aliphatic heterocycles. The molecule has 0 spiro atoms. The maximum atomic E-state index is 10.5. The molecular weight excluding hydrogens is 188 g/mol. The topological polar surface area (TPSA) is 33.4 Å². The van der Waals surface area contributed by atoms with Gasteiger partial charge in [-0.3, -0.25) is 0 Å². The first-order chi connectivity index (χ1) is 7.22. The van der Waals surface area contributed by atoms with Crippen LogP contribution in [0.15, 0.2) is 23.0 Å². The Hall–Kier alpha value is -0.760. The second kappa shape index (κ2) is 4.40. The zero-order chi connectivity index (χ0) is 10.7. The van der Waals surface area contributed by atoms with Crippen LogP contribution in [0.25, 0.3) is 0 Å². The fraction of sp³-hybridized carbons (Fsp3) is 0.692. The van der Waals surface area contributed by atoms with Crippen LogP contribution in [0.5, 0.6) is 0 Å². The zero-order valence-electron chi connectivity index (χ0n) is 9.41. The first kappa shape index (κ1) is 10.7. The third-order valence-electron chi connectivity index (χ3n) is 3.61. The number of hydrogen-bond donors (Lipinski definition) is 1. The Morgan fingerprint density at radius 1 is 1.60 bits per heavy atom. The molecule has 1 heterocycles. The lowest BCUT2D eigenvalue weighted by atomic mass is 9.74. The van der Waals surface area contributed by atoms with Crippen molar-refractivity contribution in [2.45, 2.75) is 51.0 Å². The lowest BCUT2D eigenvalue weighted by molar-refractivity contribution is -0.0162. The summed E-state index contributed by atoms with van der Waals surface area (Å²) in [6, 6.07) is 1.95. The maximum absolute atomic E-state index is 10.5. The molecule has 84 valence electrons. The Bertz CT molecular complexity index is 291. The molecule has 2 heteroatoms. The molecule has 1 aromatic rings. The van der Waals surface area contributed by atoms with E-state index in [1.54, 1.807) is 12.5 Å². The van der Waals surface area contributed by atoms with Gasteiger partial charge in [-0.2, -0.15) is 0 Å². The number of rotatable bonds is 3. The van der Waals surface area contributed by atoms with Crippen molar-refractivity contribution in [1.29, 1.82) is 0 Å². The number of furan rings is 1. The van der Waals surface area contributed by atoms with Gasteiger partial charge < -0.3 is 9.52 Å². The lowest BCUT2D eigenvalue weighted by Gasteiger charge is -2.36. The molecule has 1 aliphatic carbocycles. The largest absolute Gasteiger partial charge is 0.472 e. The summed E-state index contributed by atoms with van der Waals surface area (Å²) in [5.74, 6) is 0.704. The highest BCUT2D eigenvalue weighted by Crippen LogP contribution is 2.36. The summed E-state index contributed by atoms with van der Waals surface area (Å²) >= 11 is 0. The van der Waals surface area contributed by atoms with Crippen molar-refractivity contribution in [2.24, 2.45) is 5.92 Å². The predicted molar refractivity (Wildman–Crippen MR) is 59.6 cm³/mol.